The zero-order valence-corrected chi connectivity index (χ0v) is 18.2. The maximum atomic E-state index is 13.5. The average Bonchev–Trinajstić information content (AvgIpc) is 3.17. The molecule has 0 atom stereocenters. The number of amides is 1. The average molecular weight is 426 g/mol. The van der Waals surface area contributed by atoms with Gasteiger partial charge in [0.1, 0.15) is 10.6 Å². The fourth-order valence-corrected chi connectivity index (χ4v) is 5.74. The van der Waals surface area contributed by atoms with E-state index in [9.17, 15) is 13.2 Å². The van der Waals surface area contributed by atoms with Crippen LogP contribution >= 0.6 is 0 Å². The van der Waals surface area contributed by atoms with Gasteiger partial charge in [0.2, 0.25) is 10.0 Å². The molecule has 1 saturated heterocycles. The number of hydrogen-bond donors (Lipinski definition) is 0. The van der Waals surface area contributed by atoms with E-state index in [1.165, 1.54) is 10.4 Å². The third-order valence-electron chi connectivity index (χ3n) is 5.77. The van der Waals surface area contributed by atoms with Crippen molar-refractivity contribution < 1.29 is 13.2 Å². The SMILES string of the molecule is CCN(C(=O)c1cc(S(=O)(=O)N2CCCCC2)cn1C)c1cccc2ccccc12. The first kappa shape index (κ1) is 20.6. The highest BCUT2D eigenvalue weighted by Gasteiger charge is 2.29. The second-order valence-corrected chi connectivity index (χ2v) is 9.62. The van der Waals surface area contributed by atoms with E-state index in [2.05, 4.69) is 0 Å². The summed E-state index contributed by atoms with van der Waals surface area (Å²) in [5, 5.41) is 2.05. The number of fused-ring (bicyclic) bond motifs is 1. The van der Waals surface area contributed by atoms with Gasteiger partial charge in [-0.15, -0.1) is 0 Å². The van der Waals surface area contributed by atoms with E-state index in [1.54, 1.807) is 22.7 Å². The third-order valence-corrected chi connectivity index (χ3v) is 7.63. The molecule has 0 saturated carbocycles. The fourth-order valence-electron chi connectivity index (χ4n) is 4.15. The lowest BCUT2D eigenvalue weighted by Gasteiger charge is -2.25. The molecule has 2 aromatic carbocycles. The van der Waals surface area contributed by atoms with Gasteiger partial charge in [0.15, 0.2) is 0 Å². The van der Waals surface area contributed by atoms with Crippen LogP contribution in [0.2, 0.25) is 0 Å². The lowest BCUT2D eigenvalue weighted by atomic mass is 10.1. The normalized spacial score (nSPS) is 15.4. The minimum Gasteiger partial charge on any atom is -0.345 e. The van der Waals surface area contributed by atoms with Crippen LogP contribution in [0.15, 0.2) is 59.6 Å². The summed E-state index contributed by atoms with van der Waals surface area (Å²) in [6.45, 7) is 3.48. The number of hydrogen-bond acceptors (Lipinski definition) is 3. The topological polar surface area (TPSA) is 62.6 Å². The number of benzene rings is 2. The van der Waals surface area contributed by atoms with E-state index in [1.807, 2.05) is 49.4 Å². The van der Waals surface area contributed by atoms with E-state index in [0.717, 1.165) is 35.7 Å². The molecular weight excluding hydrogens is 398 g/mol. The largest absolute Gasteiger partial charge is 0.345 e. The zero-order chi connectivity index (χ0) is 21.3. The maximum absolute atomic E-state index is 13.5. The quantitative estimate of drug-likeness (QED) is 0.620. The smallest absolute Gasteiger partial charge is 0.274 e. The Morgan fingerprint density at radius 1 is 1.03 bits per heavy atom. The van der Waals surface area contributed by atoms with Gasteiger partial charge < -0.3 is 9.47 Å². The Bertz CT molecular complexity index is 1170. The molecule has 30 heavy (non-hydrogen) atoms. The highest BCUT2D eigenvalue weighted by atomic mass is 32.2. The molecule has 4 rings (SSSR count). The molecule has 1 aliphatic rings. The van der Waals surface area contributed by atoms with Crippen LogP contribution in [0.25, 0.3) is 10.8 Å². The summed E-state index contributed by atoms with van der Waals surface area (Å²) >= 11 is 0. The number of anilines is 1. The van der Waals surface area contributed by atoms with Crippen molar-refractivity contribution >= 4 is 32.4 Å². The van der Waals surface area contributed by atoms with Gasteiger partial charge in [0, 0.05) is 38.3 Å². The third kappa shape index (κ3) is 3.63. The Balaban J connectivity index is 1.70. The van der Waals surface area contributed by atoms with Crippen molar-refractivity contribution in [1.29, 1.82) is 0 Å². The van der Waals surface area contributed by atoms with Gasteiger partial charge in [-0.2, -0.15) is 4.31 Å². The second kappa shape index (κ2) is 8.24. The van der Waals surface area contributed by atoms with E-state index in [0.29, 0.717) is 25.3 Å². The van der Waals surface area contributed by atoms with Gasteiger partial charge in [-0.05, 0) is 37.3 Å². The Labute approximate surface area is 177 Å². The van der Waals surface area contributed by atoms with Crippen molar-refractivity contribution in [3.63, 3.8) is 0 Å². The molecule has 6 nitrogen and oxygen atoms in total. The highest BCUT2D eigenvalue weighted by Crippen LogP contribution is 2.29. The number of sulfonamides is 1. The molecule has 0 aliphatic carbocycles. The molecule has 3 aromatic rings. The molecule has 0 radical (unpaired) electrons. The predicted octanol–water partition coefficient (Wildman–Crippen LogP) is 4.02. The molecule has 0 bridgehead atoms. The van der Waals surface area contributed by atoms with Crippen LogP contribution in [0.5, 0.6) is 0 Å². The van der Waals surface area contributed by atoms with Gasteiger partial charge in [-0.25, -0.2) is 8.42 Å². The summed E-state index contributed by atoms with van der Waals surface area (Å²) in [4.78, 5) is 15.3. The van der Waals surface area contributed by atoms with Crippen molar-refractivity contribution in [3.05, 3.63) is 60.4 Å². The summed E-state index contributed by atoms with van der Waals surface area (Å²) in [6, 6.07) is 15.3. The number of carbonyl (C=O) groups is 1. The van der Waals surface area contributed by atoms with Crippen LogP contribution < -0.4 is 4.90 Å². The molecule has 1 fully saturated rings. The van der Waals surface area contributed by atoms with Crippen molar-refractivity contribution in [2.45, 2.75) is 31.1 Å². The lowest BCUT2D eigenvalue weighted by Crippen LogP contribution is -2.35. The van der Waals surface area contributed by atoms with E-state index in [4.69, 9.17) is 0 Å². The first-order valence-corrected chi connectivity index (χ1v) is 11.8. The Morgan fingerprint density at radius 3 is 2.47 bits per heavy atom. The molecule has 0 unspecified atom stereocenters. The maximum Gasteiger partial charge on any atom is 0.274 e. The number of piperidine rings is 1. The van der Waals surface area contributed by atoms with Crippen molar-refractivity contribution in [2.24, 2.45) is 7.05 Å². The van der Waals surface area contributed by atoms with Gasteiger partial charge >= 0.3 is 0 Å². The minimum absolute atomic E-state index is 0.184. The van der Waals surface area contributed by atoms with Crippen LogP contribution in [-0.2, 0) is 17.1 Å². The molecule has 7 heteroatoms. The summed E-state index contributed by atoms with van der Waals surface area (Å²) < 4.78 is 29.2. The van der Waals surface area contributed by atoms with E-state index >= 15 is 0 Å². The minimum atomic E-state index is -3.59. The van der Waals surface area contributed by atoms with Gasteiger partial charge in [-0.3, -0.25) is 4.79 Å². The molecule has 0 spiro atoms. The number of carbonyl (C=O) groups excluding carboxylic acids is 1. The van der Waals surface area contributed by atoms with Gasteiger partial charge in [0.25, 0.3) is 5.91 Å². The molecule has 158 valence electrons. The first-order chi connectivity index (χ1) is 14.4. The van der Waals surface area contributed by atoms with Crippen LogP contribution in [0, 0.1) is 0 Å². The molecular formula is C23H27N3O3S. The van der Waals surface area contributed by atoms with Crippen molar-refractivity contribution in [1.82, 2.24) is 8.87 Å². The fraction of sp³-hybridized carbons (Fsp3) is 0.348. The molecule has 0 N–H and O–H groups in total. The lowest BCUT2D eigenvalue weighted by molar-refractivity contribution is 0.0981. The Kier molecular flexibility index (Phi) is 5.66. The molecule has 1 amide bonds. The van der Waals surface area contributed by atoms with Crippen LogP contribution in [0.3, 0.4) is 0 Å². The van der Waals surface area contributed by atoms with Crippen molar-refractivity contribution in [2.75, 3.05) is 24.5 Å². The first-order valence-electron chi connectivity index (χ1n) is 10.4. The summed E-state index contributed by atoms with van der Waals surface area (Å²) in [5.41, 5.74) is 1.18. The van der Waals surface area contributed by atoms with Crippen LogP contribution in [0.4, 0.5) is 5.69 Å². The zero-order valence-electron chi connectivity index (χ0n) is 17.4. The van der Waals surface area contributed by atoms with E-state index < -0.39 is 10.0 Å². The summed E-state index contributed by atoms with van der Waals surface area (Å²) in [5.74, 6) is -0.212. The standard InChI is InChI=1S/C23H27N3O3S/c1-3-26(21-13-9-11-18-10-5-6-12-20(18)21)23(27)22-16-19(17-24(22)2)30(28,29)25-14-7-4-8-15-25/h5-6,9-13,16-17H,3-4,7-8,14-15H2,1-2H3. The predicted molar refractivity (Wildman–Crippen MR) is 119 cm³/mol. The monoisotopic (exact) mass is 425 g/mol. The Morgan fingerprint density at radius 2 is 1.73 bits per heavy atom. The molecule has 1 aromatic heterocycles. The summed E-state index contributed by atoms with van der Waals surface area (Å²) in [6.07, 6.45) is 4.36. The highest BCUT2D eigenvalue weighted by molar-refractivity contribution is 7.89. The summed E-state index contributed by atoms with van der Waals surface area (Å²) in [7, 11) is -1.87. The van der Waals surface area contributed by atoms with Crippen LogP contribution in [0.1, 0.15) is 36.7 Å². The van der Waals surface area contributed by atoms with Crippen molar-refractivity contribution in [3.8, 4) is 0 Å². The van der Waals surface area contributed by atoms with Crippen LogP contribution in [-0.4, -0.2) is 42.8 Å². The van der Waals surface area contributed by atoms with E-state index in [-0.39, 0.29) is 10.8 Å². The number of aromatic nitrogens is 1. The molecule has 1 aliphatic heterocycles. The van der Waals surface area contributed by atoms with Gasteiger partial charge in [0.05, 0.1) is 5.69 Å². The number of aryl methyl sites for hydroxylation is 1. The van der Waals surface area contributed by atoms with Gasteiger partial charge in [-0.1, -0.05) is 42.8 Å². The molecule has 2 heterocycles. The Hall–Kier alpha value is -2.64. The number of nitrogens with zero attached hydrogens (tertiary/aromatic N) is 3. The second-order valence-electron chi connectivity index (χ2n) is 7.68. The number of rotatable bonds is 5.